The molecule has 3 rings (SSSR count). The summed E-state index contributed by atoms with van der Waals surface area (Å²) in [5.41, 5.74) is 2.29. The fourth-order valence-corrected chi connectivity index (χ4v) is 2.25. The van der Waals surface area contributed by atoms with Crippen LogP contribution in [0, 0.1) is 6.92 Å². The fraction of sp³-hybridized carbons (Fsp3) is 0.333. The lowest BCUT2D eigenvalue weighted by atomic mass is 10.2. The van der Waals surface area contributed by atoms with E-state index in [0.717, 1.165) is 21.3 Å². The molecule has 1 aromatic carbocycles. The van der Waals surface area contributed by atoms with Crippen molar-refractivity contribution in [1.29, 1.82) is 0 Å². The highest BCUT2D eigenvalue weighted by Crippen LogP contribution is 2.39. The molecule has 2 nitrogen and oxygen atoms in total. The van der Waals surface area contributed by atoms with E-state index in [1.807, 2.05) is 0 Å². The summed E-state index contributed by atoms with van der Waals surface area (Å²) in [5, 5.41) is 1.11. The van der Waals surface area contributed by atoms with Gasteiger partial charge in [-0.2, -0.15) is 0 Å². The maximum absolute atomic E-state index is 4.60. The molecule has 1 saturated carbocycles. The predicted octanol–water partition coefficient (Wildman–Crippen LogP) is 3.58. The minimum atomic E-state index is 0.604. The van der Waals surface area contributed by atoms with Crippen LogP contribution < -0.4 is 0 Å². The first kappa shape index (κ1) is 9.28. The summed E-state index contributed by atoms with van der Waals surface area (Å²) in [5.74, 6) is 1.60. The van der Waals surface area contributed by atoms with Gasteiger partial charge in [0.15, 0.2) is 0 Å². The van der Waals surface area contributed by atoms with Crippen LogP contribution in [0.1, 0.15) is 30.1 Å². The van der Waals surface area contributed by atoms with E-state index < -0.39 is 0 Å². The molecular weight excluding hydrogens is 252 g/mol. The lowest BCUT2D eigenvalue weighted by molar-refractivity contribution is 0.937. The van der Waals surface area contributed by atoms with Gasteiger partial charge in [0.25, 0.3) is 0 Å². The Morgan fingerprint density at radius 2 is 2.07 bits per heavy atom. The number of fused-ring (bicyclic) bond motifs is 1. The summed E-state index contributed by atoms with van der Waals surface area (Å²) in [6, 6.07) is 6.29. The van der Waals surface area contributed by atoms with Gasteiger partial charge in [0.05, 0.1) is 5.52 Å². The molecule has 1 aliphatic rings. The maximum Gasteiger partial charge on any atom is 0.133 e. The van der Waals surface area contributed by atoms with Gasteiger partial charge in [0.1, 0.15) is 10.4 Å². The Morgan fingerprint density at radius 1 is 1.27 bits per heavy atom. The molecule has 1 heterocycles. The zero-order valence-corrected chi connectivity index (χ0v) is 10.1. The van der Waals surface area contributed by atoms with Gasteiger partial charge in [-0.05, 0) is 47.8 Å². The first-order valence-corrected chi connectivity index (χ1v) is 5.97. The van der Waals surface area contributed by atoms with Crippen molar-refractivity contribution in [3.63, 3.8) is 0 Å². The van der Waals surface area contributed by atoms with E-state index in [-0.39, 0.29) is 0 Å². The normalized spacial score (nSPS) is 15.9. The first-order valence-electron chi connectivity index (χ1n) is 5.18. The standard InChI is InChI=1S/C12H11BrN2/c1-7-2-5-10-9(6-7)11(13)15-12(14-10)8-3-4-8/h2,5-6,8H,3-4H2,1H3. The quantitative estimate of drug-likeness (QED) is 0.735. The van der Waals surface area contributed by atoms with Gasteiger partial charge < -0.3 is 0 Å². The van der Waals surface area contributed by atoms with Crippen molar-refractivity contribution in [2.75, 3.05) is 0 Å². The molecule has 0 saturated heterocycles. The molecular formula is C12H11BrN2. The molecule has 0 N–H and O–H groups in total. The van der Waals surface area contributed by atoms with E-state index in [4.69, 9.17) is 0 Å². The molecule has 0 atom stereocenters. The van der Waals surface area contributed by atoms with Crippen molar-refractivity contribution >= 4 is 26.8 Å². The van der Waals surface area contributed by atoms with Crippen LogP contribution in [0.3, 0.4) is 0 Å². The van der Waals surface area contributed by atoms with E-state index in [0.29, 0.717) is 5.92 Å². The molecule has 15 heavy (non-hydrogen) atoms. The summed E-state index contributed by atoms with van der Waals surface area (Å²) in [4.78, 5) is 9.11. The predicted molar refractivity (Wildman–Crippen MR) is 64.0 cm³/mol. The van der Waals surface area contributed by atoms with Crippen LogP contribution in [0.2, 0.25) is 0 Å². The molecule has 0 aliphatic heterocycles. The second-order valence-corrected chi connectivity index (χ2v) is 4.92. The summed E-state index contributed by atoms with van der Waals surface area (Å²) in [6.07, 6.45) is 2.48. The maximum atomic E-state index is 4.60. The molecule has 3 heteroatoms. The van der Waals surface area contributed by atoms with Crippen molar-refractivity contribution in [2.24, 2.45) is 0 Å². The van der Waals surface area contributed by atoms with Gasteiger partial charge in [-0.3, -0.25) is 0 Å². The number of hydrogen-bond acceptors (Lipinski definition) is 2. The average Bonchev–Trinajstić information content (AvgIpc) is 3.02. The fourth-order valence-electron chi connectivity index (χ4n) is 1.75. The second-order valence-electron chi connectivity index (χ2n) is 4.17. The number of benzene rings is 1. The van der Waals surface area contributed by atoms with Crippen LogP contribution in [0.15, 0.2) is 22.8 Å². The molecule has 76 valence electrons. The zero-order chi connectivity index (χ0) is 10.4. The lowest BCUT2D eigenvalue weighted by Crippen LogP contribution is -1.94. The second kappa shape index (κ2) is 3.27. The van der Waals surface area contributed by atoms with Crippen LogP contribution >= 0.6 is 15.9 Å². The van der Waals surface area contributed by atoms with Crippen LogP contribution in [0.25, 0.3) is 10.9 Å². The Labute approximate surface area is 96.9 Å². The van der Waals surface area contributed by atoms with E-state index >= 15 is 0 Å². The average molecular weight is 263 g/mol. The molecule has 0 unspecified atom stereocenters. The van der Waals surface area contributed by atoms with E-state index in [1.165, 1.54) is 18.4 Å². The topological polar surface area (TPSA) is 25.8 Å². The van der Waals surface area contributed by atoms with E-state index in [2.05, 4.69) is 51.0 Å². The molecule has 1 aromatic heterocycles. The van der Waals surface area contributed by atoms with Gasteiger partial charge in [0.2, 0.25) is 0 Å². The largest absolute Gasteiger partial charge is 0.233 e. The minimum absolute atomic E-state index is 0.604. The lowest BCUT2D eigenvalue weighted by Gasteiger charge is -2.04. The Morgan fingerprint density at radius 3 is 2.80 bits per heavy atom. The number of nitrogens with zero attached hydrogens (tertiary/aromatic N) is 2. The smallest absolute Gasteiger partial charge is 0.133 e. The van der Waals surface area contributed by atoms with Gasteiger partial charge in [-0.25, -0.2) is 9.97 Å². The highest BCUT2D eigenvalue weighted by molar-refractivity contribution is 9.10. The van der Waals surface area contributed by atoms with E-state index in [1.54, 1.807) is 0 Å². The third-order valence-electron chi connectivity index (χ3n) is 2.76. The summed E-state index contributed by atoms with van der Waals surface area (Å²) < 4.78 is 0.929. The third-order valence-corrected chi connectivity index (χ3v) is 3.37. The summed E-state index contributed by atoms with van der Waals surface area (Å²) in [6.45, 7) is 2.08. The molecule has 1 fully saturated rings. The van der Waals surface area contributed by atoms with Crippen LogP contribution in [0.5, 0.6) is 0 Å². The van der Waals surface area contributed by atoms with E-state index in [9.17, 15) is 0 Å². The SMILES string of the molecule is Cc1ccc2nc(C3CC3)nc(Br)c2c1. The van der Waals surface area contributed by atoms with Gasteiger partial charge in [-0.15, -0.1) is 0 Å². The number of aryl methyl sites for hydroxylation is 1. The highest BCUT2D eigenvalue weighted by atomic mass is 79.9. The van der Waals surface area contributed by atoms with Crippen LogP contribution in [-0.2, 0) is 0 Å². The van der Waals surface area contributed by atoms with Crippen LogP contribution in [0.4, 0.5) is 0 Å². The van der Waals surface area contributed by atoms with Crippen molar-refractivity contribution < 1.29 is 0 Å². The van der Waals surface area contributed by atoms with Crippen molar-refractivity contribution in [1.82, 2.24) is 9.97 Å². The summed E-state index contributed by atoms with van der Waals surface area (Å²) in [7, 11) is 0. The van der Waals surface area contributed by atoms with Gasteiger partial charge in [-0.1, -0.05) is 11.6 Å². The Kier molecular flexibility index (Phi) is 2.02. The van der Waals surface area contributed by atoms with Gasteiger partial charge in [0, 0.05) is 11.3 Å². The minimum Gasteiger partial charge on any atom is -0.233 e. The van der Waals surface area contributed by atoms with Crippen molar-refractivity contribution in [3.8, 4) is 0 Å². The number of halogens is 1. The molecule has 0 spiro atoms. The first-order chi connectivity index (χ1) is 7.24. The van der Waals surface area contributed by atoms with Crippen molar-refractivity contribution in [2.45, 2.75) is 25.7 Å². The zero-order valence-electron chi connectivity index (χ0n) is 8.50. The third kappa shape index (κ3) is 1.65. The van der Waals surface area contributed by atoms with Crippen molar-refractivity contribution in [3.05, 3.63) is 34.2 Å². The molecule has 2 aromatic rings. The Bertz CT molecular complexity index is 532. The monoisotopic (exact) mass is 262 g/mol. The molecule has 0 bridgehead atoms. The number of aromatic nitrogens is 2. The number of rotatable bonds is 1. The molecule has 0 radical (unpaired) electrons. The Hall–Kier alpha value is -0.960. The number of hydrogen-bond donors (Lipinski definition) is 0. The Balaban J connectivity index is 2.26. The molecule has 1 aliphatic carbocycles. The summed E-state index contributed by atoms with van der Waals surface area (Å²) >= 11 is 3.53. The highest BCUT2D eigenvalue weighted by Gasteiger charge is 2.27. The molecule has 0 amide bonds. The van der Waals surface area contributed by atoms with Crippen LogP contribution in [-0.4, -0.2) is 9.97 Å². The van der Waals surface area contributed by atoms with Gasteiger partial charge >= 0.3 is 0 Å².